The number of halogens is 2. The van der Waals surface area contributed by atoms with E-state index in [2.05, 4.69) is 20.9 Å². The van der Waals surface area contributed by atoms with E-state index in [-0.39, 0.29) is 17.4 Å². The van der Waals surface area contributed by atoms with Crippen LogP contribution < -0.4 is 5.32 Å². The van der Waals surface area contributed by atoms with Crippen LogP contribution in [0.1, 0.15) is 40.2 Å². The van der Waals surface area contributed by atoms with Gasteiger partial charge in [-0.2, -0.15) is 0 Å². The molecule has 0 aliphatic carbocycles. The molecule has 1 saturated heterocycles. The van der Waals surface area contributed by atoms with Gasteiger partial charge in [0, 0.05) is 50.6 Å². The first-order chi connectivity index (χ1) is 15.9. The van der Waals surface area contributed by atoms with E-state index >= 15 is 0 Å². The van der Waals surface area contributed by atoms with Crippen molar-refractivity contribution in [2.75, 3.05) is 13.1 Å². The third-order valence-electron chi connectivity index (χ3n) is 6.05. The maximum atomic E-state index is 13.9. The highest BCUT2D eigenvalue weighted by molar-refractivity contribution is 5.94. The molecule has 0 unspecified atom stereocenters. The molecule has 2 heterocycles. The van der Waals surface area contributed by atoms with Crippen molar-refractivity contribution in [1.82, 2.24) is 19.8 Å². The van der Waals surface area contributed by atoms with Gasteiger partial charge in [0.2, 0.25) is 5.91 Å². The standard InChI is InChI=1S/C25H26F2N4O2/c1-17-28-9-12-31(17)16-19-4-2-3-18(13-19)15-29-24(32)20-7-10-30(11-8-20)25(33)22-6-5-21(26)14-23(22)27/h2-6,9,12-14,20H,7-8,10-11,15-16H2,1H3,(H,29,32). The van der Waals surface area contributed by atoms with Crippen LogP contribution in [0, 0.1) is 24.5 Å². The Hall–Kier alpha value is -3.55. The first-order valence-electron chi connectivity index (χ1n) is 11.0. The lowest BCUT2D eigenvalue weighted by molar-refractivity contribution is -0.126. The molecule has 0 radical (unpaired) electrons. The van der Waals surface area contributed by atoms with E-state index in [0.717, 1.165) is 35.6 Å². The van der Waals surface area contributed by atoms with Gasteiger partial charge >= 0.3 is 0 Å². The predicted octanol–water partition coefficient (Wildman–Crippen LogP) is 3.69. The van der Waals surface area contributed by atoms with E-state index < -0.39 is 17.5 Å². The molecule has 3 aromatic rings. The van der Waals surface area contributed by atoms with Gasteiger partial charge in [-0.15, -0.1) is 0 Å². The summed E-state index contributed by atoms with van der Waals surface area (Å²) in [6.45, 7) is 3.81. The summed E-state index contributed by atoms with van der Waals surface area (Å²) in [7, 11) is 0. The lowest BCUT2D eigenvalue weighted by Gasteiger charge is -2.31. The Labute approximate surface area is 191 Å². The van der Waals surface area contributed by atoms with E-state index in [1.807, 2.05) is 31.3 Å². The van der Waals surface area contributed by atoms with Crippen LogP contribution in [0.4, 0.5) is 8.78 Å². The first kappa shape index (κ1) is 22.6. The molecule has 0 atom stereocenters. The van der Waals surface area contributed by atoms with Gasteiger partial charge < -0.3 is 14.8 Å². The zero-order valence-corrected chi connectivity index (χ0v) is 18.4. The molecular weight excluding hydrogens is 426 g/mol. The average molecular weight is 453 g/mol. The highest BCUT2D eigenvalue weighted by Crippen LogP contribution is 2.21. The van der Waals surface area contributed by atoms with Gasteiger partial charge in [0.05, 0.1) is 5.56 Å². The summed E-state index contributed by atoms with van der Waals surface area (Å²) in [5, 5.41) is 2.99. The summed E-state index contributed by atoms with van der Waals surface area (Å²) in [4.78, 5) is 31.0. The van der Waals surface area contributed by atoms with Crippen LogP contribution in [0.25, 0.3) is 0 Å². The number of imidazole rings is 1. The summed E-state index contributed by atoms with van der Waals surface area (Å²) in [6.07, 6.45) is 4.71. The van der Waals surface area contributed by atoms with Crippen LogP contribution in [0.3, 0.4) is 0 Å². The first-order valence-corrected chi connectivity index (χ1v) is 11.0. The molecule has 172 valence electrons. The topological polar surface area (TPSA) is 67.2 Å². The summed E-state index contributed by atoms with van der Waals surface area (Å²) in [5.74, 6) is -1.38. The largest absolute Gasteiger partial charge is 0.352 e. The van der Waals surface area contributed by atoms with Gasteiger partial charge in [0.1, 0.15) is 17.5 Å². The molecule has 0 saturated carbocycles. The Balaban J connectivity index is 1.28. The third-order valence-corrected chi connectivity index (χ3v) is 6.05. The molecule has 2 amide bonds. The number of rotatable bonds is 6. The van der Waals surface area contributed by atoms with E-state index in [1.54, 1.807) is 6.20 Å². The van der Waals surface area contributed by atoms with Gasteiger partial charge in [0.15, 0.2) is 0 Å². The fourth-order valence-corrected chi connectivity index (χ4v) is 4.12. The zero-order valence-electron chi connectivity index (χ0n) is 18.4. The number of carbonyl (C=O) groups excluding carboxylic acids is 2. The molecule has 1 aliphatic rings. The van der Waals surface area contributed by atoms with E-state index in [4.69, 9.17) is 0 Å². The summed E-state index contributed by atoms with van der Waals surface area (Å²) in [5.41, 5.74) is 1.99. The lowest BCUT2D eigenvalue weighted by atomic mass is 9.95. The number of hydrogen-bond donors (Lipinski definition) is 1. The van der Waals surface area contributed by atoms with Crippen molar-refractivity contribution < 1.29 is 18.4 Å². The quantitative estimate of drug-likeness (QED) is 0.620. The third kappa shape index (κ3) is 5.45. The van der Waals surface area contributed by atoms with Crippen LogP contribution in [0.2, 0.25) is 0 Å². The number of aromatic nitrogens is 2. The Morgan fingerprint density at radius 2 is 1.85 bits per heavy atom. The molecule has 1 N–H and O–H groups in total. The molecule has 0 spiro atoms. The van der Waals surface area contributed by atoms with Crippen molar-refractivity contribution in [3.05, 3.63) is 89.0 Å². The summed E-state index contributed by atoms with van der Waals surface area (Å²) >= 11 is 0. The average Bonchev–Trinajstić information content (AvgIpc) is 3.21. The fourth-order valence-electron chi connectivity index (χ4n) is 4.12. The number of amides is 2. The maximum absolute atomic E-state index is 13.9. The minimum atomic E-state index is -0.870. The maximum Gasteiger partial charge on any atom is 0.256 e. The normalized spacial score (nSPS) is 14.3. The zero-order chi connectivity index (χ0) is 23.4. The lowest BCUT2D eigenvalue weighted by Crippen LogP contribution is -2.43. The number of likely N-dealkylation sites (tertiary alicyclic amines) is 1. The van der Waals surface area contributed by atoms with Gasteiger partial charge in [-0.25, -0.2) is 13.8 Å². The van der Waals surface area contributed by atoms with Crippen molar-refractivity contribution in [1.29, 1.82) is 0 Å². The van der Waals surface area contributed by atoms with Gasteiger partial charge in [-0.05, 0) is 43.0 Å². The monoisotopic (exact) mass is 452 g/mol. The molecule has 33 heavy (non-hydrogen) atoms. The van der Waals surface area contributed by atoms with Crippen molar-refractivity contribution in [3.63, 3.8) is 0 Å². The predicted molar refractivity (Wildman–Crippen MR) is 119 cm³/mol. The molecule has 0 bridgehead atoms. The Bertz CT molecular complexity index is 1150. The molecule has 4 rings (SSSR count). The number of aryl methyl sites for hydroxylation is 1. The molecule has 6 nitrogen and oxygen atoms in total. The second-order valence-corrected chi connectivity index (χ2v) is 8.33. The Morgan fingerprint density at radius 3 is 2.55 bits per heavy atom. The van der Waals surface area contributed by atoms with Crippen LogP contribution in [-0.2, 0) is 17.9 Å². The van der Waals surface area contributed by atoms with Crippen LogP contribution in [0.5, 0.6) is 0 Å². The molecule has 8 heteroatoms. The van der Waals surface area contributed by atoms with Gasteiger partial charge in [0.25, 0.3) is 5.91 Å². The van der Waals surface area contributed by atoms with E-state index in [1.165, 1.54) is 4.90 Å². The van der Waals surface area contributed by atoms with E-state index in [9.17, 15) is 18.4 Å². The molecule has 1 aliphatic heterocycles. The van der Waals surface area contributed by atoms with Crippen molar-refractivity contribution in [3.8, 4) is 0 Å². The Morgan fingerprint density at radius 1 is 1.09 bits per heavy atom. The second kappa shape index (κ2) is 9.94. The number of benzene rings is 2. The van der Waals surface area contributed by atoms with Gasteiger partial charge in [-0.3, -0.25) is 9.59 Å². The van der Waals surface area contributed by atoms with Crippen molar-refractivity contribution >= 4 is 11.8 Å². The summed E-state index contributed by atoms with van der Waals surface area (Å²) in [6, 6.07) is 11.0. The number of piperidine rings is 1. The smallest absolute Gasteiger partial charge is 0.256 e. The van der Waals surface area contributed by atoms with Crippen molar-refractivity contribution in [2.24, 2.45) is 5.92 Å². The molecular formula is C25H26F2N4O2. The molecule has 1 aromatic heterocycles. The van der Waals surface area contributed by atoms with Gasteiger partial charge in [-0.1, -0.05) is 24.3 Å². The SMILES string of the molecule is Cc1nccn1Cc1cccc(CNC(=O)C2CCN(C(=O)c3ccc(F)cc3F)CC2)c1. The summed E-state index contributed by atoms with van der Waals surface area (Å²) < 4.78 is 29.1. The van der Waals surface area contributed by atoms with Crippen molar-refractivity contribution in [2.45, 2.75) is 32.9 Å². The second-order valence-electron chi connectivity index (χ2n) is 8.33. The number of nitrogens with one attached hydrogen (secondary N) is 1. The van der Waals surface area contributed by atoms with E-state index in [0.29, 0.717) is 38.5 Å². The number of nitrogens with zero attached hydrogens (tertiary/aromatic N) is 3. The Kier molecular flexibility index (Phi) is 6.82. The minimum Gasteiger partial charge on any atom is -0.352 e. The molecule has 1 fully saturated rings. The number of hydrogen-bond acceptors (Lipinski definition) is 3. The molecule has 2 aromatic carbocycles. The van der Waals surface area contributed by atoms with Crippen LogP contribution in [-0.4, -0.2) is 39.4 Å². The number of carbonyl (C=O) groups is 2. The van der Waals surface area contributed by atoms with Crippen LogP contribution in [0.15, 0.2) is 54.9 Å². The highest BCUT2D eigenvalue weighted by atomic mass is 19.1. The van der Waals surface area contributed by atoms with Crippen LogP contribution >= 0.6 is 0 Å². The highest BCUT2D eigenvalue weighted by Gasteiger charge is 2.28. The fraction of sp³-hybridized carbons (Fsp3) is 0.320. The minimum absolute atomic E-state index is 0.0501.